The molecule has 3 heterocycles. The molecule has 1 aromatic carbocycles. The lowest BCUT2D eigenvalue weighted by molar-refractivity contribution is 0.312. The summed E-state index contributed by atoms with van der Waals surface area (Å²) in [6, 6.07) is 8.08. The second kappa shape index (κ2) is 7.33. The molecule has 0 radical (unpaired) electrons. The zero-order chi connectivity index (χ0) is 19.1. The van der Waals surface area contributed by atoms with Crippen LogP contribution in [0.15, 0.2) is 24.3 Å². The average Bonchev–Trinajstić information content (AvgIpc) is 3.12. The molecular formula is C22H26N4OS. The number of rotatable bonds is 3. The Balaban J connectivity index is 1.65. The van der Waals surface area contributed by atoms with Gasteiger partial charge in [0.05, 0.1) is 12.5 Å². The molecule has 5 nitrogen and oxygen atoms in total. The second-order valence-corrected chi connectivity index (χ2v) is 8.86. The van der Waals surface area contributed by atoms with Crippen molar-refractivity contribution in [1.82, 2.24) is 14.9 Å². The third-order valence-corrected chi connectivity index (χ3v) is 7.13. The molecule has 28 heavy (non-hydrogen) atoms. The molecule has 0 unspecified atom stereocenters. The molecule has 146 valence electrons. The Hall–Kier alpha value is -2.18. The van der Waals surface area contributed by atoms with Crippen LogP contribution in [0.25, 0.3) is 21.6 Å². The number of likely N-dealkylation sites (N-methyl/N-ethyl adjacent to an activating group) is 1. The van der Waals surface area contributed by atoms with Crippen LogP contribution in [0, 0.1) is 0 Å². The highest BCUT2D eigenvalue weighted by Gasteiger charge is 2.25. The molecule has 0 spiro atoms. The number of hydrogen-bond acceptors (Lipinski definition) is 6. The first-order chi connectivity index (χ1) is 13.7. The number of benzene rings is 1. The van der Waals surface area contributed by atoms with Crippen molar-refractivity contribution in [3.8, 4) is 17.1 Å². The molecule has 0 amide bonds. The maximum atomic E-state index is 5.31. The summed E-state index contributed by atoms with van der Waals surface area (Å²) < 4.78 is 5.31. The Kier molecular flexibility index (Phi) is 4.69. The number of nitrogens with zero attached hydrogens (tertiary/aromatic N) is 4. The van der Waals surface area contributed by atoms with Crippen molar-refractivity contribution in [3.63, 3.8) is 0 Å². The topological polar surface area (TPSA) is 41.5 Å². The molecule has 1 aliphatic carbocycles. The molecule has 1 aliphatic heterocycles. The quantitative estimate of drug-likeness (QED) is 0.672. The van der Waals surface area contributed by atoms with Gasteiger partial charge in [-0.05, 0) is 62.6 Å². The van der Waals surface area contributed by atoms with Crippen molar-refractivity contribution < 1.29 is 4.74 Å². The van der Waals surface area contributed by atoms with Crippen LogP contribution in [-0.4, -0.2) is 55.2 Å². The highest BCUT2D eigenvalue weighted by Crippen LogP contribution is 2.41. The van der Waals surface area contributed by atoms with Gasteiger partial charge in [0.2, 0.25) is 0 Å². The molecule has 2 aliphatic rings. The van der Waals surface area contributed by atoms with E-state index in [1.54, 1.807) is 7.11 Å². The Morgan fingerprint density at radius 3 is 2.46 bits per heavy atom. The predicted octanol–water partition coefficient (Wildman–Crippen LogP) is 4.00. The SMILES string of the molecule is COc1ccc(-c2nc(N3CCN(C)CC3)c3c4c(sc3n2)CCCC4)cc1. The van der Waals surface area contributed by atoms with E-state index in [0.29, 0.717) is 0 Å². The molecule has 1 fully saturated rings. The first-order valence-corrected chi connectivity index (χ1v) is 10.9. The number of ether oxygens (including phenoxy) is 1. The summed E-state index contributed by atoms with van der Waals surface area (Å²) in [5.74, 6) is 2.82. The fourth-order valence-electron chi connectivity index (χ4n) is 4.25. The second-order valence-electron chi connectivity index (χ2n) is 7.78. The van der Waals surface area contributed by atoms with E-state index in [1.165, 1.54) is 41.5 Å². The van der Waals surface area contributed by atoms with Gasteiger partial charge in [0.15, 0.2) is 5.82 Å². The molecule has 1 saturated heterocycles. The fourth-order valence-corrected chi connectivity index (χ4v) is 5.51. The van der Waals surface area contributed by atoms with E-state index in [2.05, 4.69) is 29.0 Å². The summed E-state index contributed by atoms with van der Waals surface area (Å²) in [7, 11) is 3.89. The van der Waals surface area contributed by atoms with Crippen LogP contribution in [-0.2, 0) is 12.8 Å². The zero-order valence-corrected chi connectivity index (χ0v) is 17.4. The van der Waals surface area contributed by atoms with Gasteiger partial charge >= 0.3 is 0 Å². The number of hydrogen-bond donors (Lipinski definition) is 0. The van der Waals surface area contributed by atoms with Gasteiger partial charge in [-0.15, -0.1) is 11.3 Å². The van der Waals surface area contributed by atoms with Gasteiger partial charge in [-0.2, -0.15) is 0 Å². The zero-order valence-electron chi connectivity index (χ0n) is 16.6. The summed E-state index contributed by atoms with van der Waals surface area (Å²) in [6.45, 7) is 4.20. The van der Waals surface area contributed by atoms with Crippen molar-refractivity contribution in [2.75, 3.05) is 45.2 Å². The minimum atomic E-state index is 0.822. The Morgan fingerprint density at radius 1 is 0.964 bits per heavy atom. The summed E-state index contributed by atoms with van der Waals surface area (Å²) >= 11 is 1.88. The first kappa shape index (κ1) is 17.9. The number of aromatic nitrogens is 2. The van der Waals surface area contributed by atoms with E-state index in [-0.39, 0.29) is 0 Å². The maximum absolute atomic E-state index is 5.31. The number of aryl methyl sites for hydroxylation is 2. The van der Waals surface area contributed by atoms with E-state index in [4.69, 9.17) is 14.7 Å². The Bertz CT molecular complexity index is 990. The average molecular weight is 395 g/mol. The minimum absolute atomic E-state index is 0.822. The van der Waals surface area contributed by atoms with Crippen molar-refractivity contribution in [2.45, 2.75) is 25.7 Å². The molecule has 5 rings (SSSR count). The van der Waals surface area contributed by atoms with E-state index in [0.717, 1.165) is 54.0 Å². The van der Waals surface area contributed by atoms with Crippen LogP contribution in [0.1, 0.15) is 23.3 Å². The predicted molar refractivity (Wildman–Crippen MR) is 116 cm³/mol. The standard InChI is InChI=1S/C22H26N4OS/c1-25-11-13-26(14-12-25)21-19-17-5-3-4-6-18(17)28-22(19)24-20(23-21)15-7-9-16(27-2)10-8-15/h7-10H,3-6,11-14H2,1-2H3. The van der Waals surface area contributed by atoms with Crippen molar-refractivity contribution in [3.05, 3.63) is 34.7 Å². The number of anilines is 1. The van der Waals surface area contributed by atoms with Gasteiger partial charge in [0.25, 0.3) is 0 Å². The smallest absolute Gasteiger partial charge is 0.163 e. The van der Waals surface area contributed by atoms with E-state index in [9.17, 15) is 0 Å². The lowest BCUT2D eigenvalue weighted by Gasteiger charge is -2.34. The van der Waals surface area contributed by atoms with E-state index in [1.807, 2.05) is 23.5 Å². The summed E-state index contributed by atoms with van der Waals surface area (Å²) in [5.41, 5.74) is 2.56. The molecule has 0 atom stereocenters. The number of methoxy groups -OCH3 is 1. The molecular weight excluding hydrogens is 368 g/mol. The van der Waals surface area contributed by atoms with Gasteiger partial charge < -0.3 is 14.5 Å². The van der Waals surface area contributed by atoms with Crippen molar-refractivity contribution in [1.29, 1.82) is 0 Å². The lowest BCUT2D eigenvalue weighted by atomic mass is 9.96. The van der Waals surface area contributed by atoms with Crippen LogP contribution in [0.5, 0.6) is 5.75 Å². The minimum Gasteiger partial charge on any atom is -0.497 e. The molecule has 0 bridgehead atoms. The molecule has 0 N–H and O–H groups in total. The Morgan fingerprint density at radius 2 is 1.71 bits per heavy atom. The van der Waals surface area contributed by atoms with Crippen LogP contribution >= 0.6 is 11.3 Å². The van der Waals surface area contributed by atoms with Gasteiger partial charge in [-0.1, -0.05) is 0 Å². The van der Waals surface area contributed by atoms with E-state index >= 15 is 0 Å². The van der Waals surface area contributed by atoms with Gasteiger partial charge in [0.1, 0.15) is 16.4 Å². The monoisotopic (exact) mass is 394 g/mol. The summed E-state index contributed by atoms with van der Waals surface area (Å²) in [5, 5.41) is 1.32. The number of piperazine rings is 1. The van der Waals surface area contributed by atoms with Crippen LogP contribution in [0.3, 0.4) is 0 Å². The molecule has 6 heteroatoms. The summed E-state index contributed by atoms with van der Waals surface area (Å²) in [4.78, 5) is 17.7. The van der Waals surface area contributed by atoms with Crippen LogP contribution < -0.4 is 9.64 Å². The Labute approximate surface area is 170 Å². The number of thiophene rings is 1. The van der Waals surface area contributed by atoms with E-state index < -0.39 is 0 Å². The highest BCUT2D eigenvalue weighted by atomic mass is 32.1. The first-order valence-electron chi connectivity index (χ1n) is 10.1. The van der Waals surface area contributed by atoms with Crippen LogP contribution in [0.4, 0.5) is 5.82 Å². The highest BCUT2D eigenvalue weighted by molar-refractivity contribution is 7.19. The fraction of sp³-hybridized carbons (Fsp3) is 0.455. The lowest BCUT2D eigenvalue weighted by Crippen LogP contribution is -2.45. The van der Waals surface area contributed by atoms with Crippen molar-refractivity contribution >= 4 is 27.4 Å². The number of fused-ring (bicyclic) bond motifs is 3. The largest absolute Gasteiger partial charge is 0.497 e. The molecule has 3 aromatic rings. The van der Waals surface area contributed by atoms with Gasteiger partial charge in [0, 0.05) is 36.6 Å². The van der Waals surface area contributed by atoms with Gasteiger partial charge in [-0.25, -0.2) is 9.97 Å². The molecule has 2 aromatic heterocycles. The van der Waals surface area contributed by atoms with Gasteiger partial charge in [-0.3, -0.25) is 0 Å². The third-order valence-electron chi connectivity index (χ3n) is 5.95. The normalized spacial score (nSPS) is 17.7. The third kappa shape index (κ3) is 3.14. The van der Waals surface area contributed by atoms with Crippen LogP contribution in [0.2, 0.25) is 0 Å². The molecule has 0 saturated carbocycles. The van der Waals surface area contributed by atoms with Crippen molar-refractivity contribution in [2.24, 2.45) is 0 Å². The maximum Gasteiger partial charge on any atom is 0.163 e. The summed E-state index contributed by atoms with van der Waals surface area (Å²) in [6.07, 6.45) is 4.93.